The number of nitrogens with zero attached hydrogens (tertiary/aromatic N) is 3. The quantitative estimate of drug-likeness (QED) is 0.797. The number of nitrogen functional groups attached to an aromatic ring is 1. The highest BCUT2D eigenvalue weighted by Gasteiger charge is 2.22. The Labute approximate surface area is 117 Å². The van der Waals surface area contributed by atoms with Gasteiger partial charge in [0, 0.05) is 43.8 Å². The molecule has 0 radical (unpaired) electrons. The maximum atomic E-state index is 12.2. The van der Waals surface area contributed by atoms with Crippen LogP contribution in [0.25, 0.3) is 0 Å². The summed E-state index contributed by atoms with van der Waals surface area (Å²) in [6.07, 6.45) is 3.19. The van der Waals surface area contributed by atoms with Crippen LogP contribution in [-0.2, 0) is 0 Å². The largest absolute Gasteiger partial charge is 0.399 e. The molecule has 0 aliphatic carbocycles. The Hall–Kier alpha value is -2.50. The number of carbonyl (C=O) groups excluding carboxylic acids is 1. The highest BCUT2D eigenvalue weighted by atomic mass is 16.2. The molecule has 1 amide bonds. The molecule has 6 nitrogen and oxygen atoms in total. The molecule has 1 saturated heterocycles. The van der Waals surface area contributed by atoms with E-state index in [0.29, 0.717) is 18.7 Å². The summed E-state index contributed by atoms with van der Waals surface area (Å²) in [5.74, 6) is 0.0333. The van der Waals surface area contributed by atoms with Crippen LogP contribution >= 0.6 is 0 Å². The van der Waals surface area contributed by atoms with Crippen LogP contribution in [0.1, 0.15) is 10.4 Å². The average Bonchev–Trinajstić information content (AvgIpc) is 3.01. The molecule has 0 spiro atoms. The number of anilines is 2. The summed E-state index contributed by atoms with van der Waals surface area (Å²) in [4.78, 5) is 16.3. The molecule has 2 heterocycles. The van der Waals surface area contributed by atoms with Gasteiger partial charge in [0.25, 0.3) is 5.91 Å². The standard InChI is InChI=1S/C14H17N5O/c15-12-2-1-3-13(8-12)18-4-6-19(7-5-18)14(20)11-9-16-17-10-11/h1-3,8-10H,4-7,15H2,(H,16,17). The summed E-state index contributed by atoms with van der Waals surface area (Å²) in [5, 5.41) is 6.48. The van der Waals surface area contributed by atoms with E-state index in [9.17, 15) is 4.79 Å². The van der Waals surface area contributed by atoms with Crippen molar-refractivity contribution >= 4 is 17.3 Å². The average molecular weight is 271 g/mol. The molecule has 1 aliphatic heterocycles. The lowest BCUT2D eigenvalue weighted by molar-refractivity contribution is 0.0747. The fourth-order valence-electron chi connectivity index (χ4n) is 2.44. The second-order valence-corrected chi connectivity index (χ2v) is 4.86. The summed E-state index contributed by atoms with van der Waals surface area (Å²) in [6, 6.07) is 7.84. The zero-order chi connectivity index (χ0) is 13.9. The fourth-order valence-corrected chi connectivity index (χ4v) is 2.44. The molecular weight excluding hydrogens is 254 g/mol. The number of hydrogen-bond acceptors (Lipinski definition) is 4. The first-order valence-electron chi connectivity index (χ1n) is 6.62. The molecule has 1 aliphatic rings. The third-order valence-electron chi connectivity index (χ3n) is 3.55. The topological polar surface area (TPSA) is 78.2 Å². The van der Waals surface area contributed by atoms with Crippen molar-refractivity contribution in [2.45, 2.75) is 0 Å². The van der Waals surface area contributed by atoms with E-state index in [0.717, 1.165) is 24.5 Å². The van der Waals surface area contributed by atoms with Gasteiger partial charge >= 0.3 is 0 Å². The smallest absolute Gasteiger partial charge is 0.257 e. The van der Waals surface area contributed by atoms with E-state index >= 15 is 0 Å². The van der Waals surface area contributed by atoms with Crippen molar-refractivity contribution in [2.75, 3.05) is 36.8 Å². The van der Waals surface area contributed by atoms with E-state index < -0.39 is 0 Å². The molecule has 104 valence electrons. The minimum absolute atomic E-state index is 0.0333. The van der Waals surface area contributed by atoms with Gasteiger partial charge in [-0.25, -0.2) is 0 Å². The Balaban J connectivity index is 1.64. The van der Waals surface area contributed by atoms with Crippen molar-refractivity contribution < 1.29 is 4.79 Å². The number of nitrogens with two attached hydrogens (primary N) is 1. The van der Waals surface area contributed by atoms with Crippen LogP contribution in [0.3, 0.4) is 0 Å². The van der Waals surface area contributed by atoms with Crippen LogP contribution in [0.4, 0.5) is 11.4 Å². The van der Waals surface area contributed by atoms with Gasteiger partial charge in [-0.1, -0.05) is 6.07 Å². The number of H-pyrrole nitrogens is 1. The molecule has 6 heteroatoms. The van der Waals surface area contributed by atoms with Gasteiger partial charge in [-0.15, -0.1) is 0 Å². The van der Waals surface area contributed by atoms with Crippen molar-refractivity contribution in [1.29, 1.82) is 0 Å². The SMILES string of the molecule is Nc1cccc(N2CCN(C(=O)c3cn[nH]c3)CC2)c1. The highest BCUT2D eigenvalue weighted by molar-refractivity contribution is 5.93. The van der Waals surface area contributed by atoms with E-state index in [2.05, 4.69) is 15.1 Å². The number of hydrogen-bond donors (Lipinski definition) is 2. The van der Waals surface area contributed by atoms with E-state index in [-0.39, 0.29) is 5.91 Å². The Morgan fingerprint density at radius 1 is 1.25 bits per heavy atom. The Morgan fingerprint density at radius 3 is 2.70 bits per heavy atom. The van der Waals surface area contributed by atoms with Gasteiger partial charge < -0.3 is 15.5 Å². The Kier molecular flexibility index (Phi) is 3.28. The fraction of sp³-hybridized carbons (Fsp3) is 0.286. The number of nitrogens with one attached hydrogen (secondary N) is 1. The molecular formula is C14H17N5O. The van der Waals surface area contributed by atoms with Crippen molar-refractivity contribution in [3.63, 3.8) is 0 Å². The van der Waals surface area contributed by atoms with E-state index in [1.54, 1.807) is 12.4 Å². The third kappa shape index (κ3) is 2.45. The summed E-state index contributed by atoms with van der Waals surface area (Å²) in [6.45, 7) is 3.04. The monoisotopic (exact) mass is 271 g/mol. The van der Waals surface area contributed by atoms with Gasteiger partial charge in [0.15, 0.2) is 0 Å². The second-order valence-electron chi connectivity index (χ2n) is 4.86. The van der Waals surface area contributed by atoms with Crippen molar-refractivity contribution in [1.82, 2.24) is 15.1 Å². The van der Waals surface area contributed by atoms with Gasteiger partial charge in [0.05, 0.1) is 11.8 Å². The van der Waals surface area contributed by atoms with Gasteiger partial charge in [0.2, 0.25) is 0 Å². The van der Waals surface area contributed by atoms with Crippen LogP contribution in [0, 0.1) is 0 Å². The van der Waals surface area contributed by atoms with Crippen molar-refractivity contribution in [2.24, 2.45) is 0 Å². The van der Waals surface area contributed by atoms with Crippen LogP contribution in [0.15, 0.2) is 36.7 Å². The molecule has 1 fully saturated rings. The molecule has 20 heavy (non-hydrogen) atoms. The Morgan fingerprint density at radius 2 is 2.05 bits per heavy atom. The van der Waals surface area contributed by atoms with Crippen molar-refractivity contribution in [3.8, 4) is 0 Å². The number of benzene rings is 1. The minimum atomic E-state index is 0.0333. The molecule has 0 unspecified atom stereocenters. The van der Waals surface area contributed by atoms with Crippen LogP contribution in [-0.4, -0.2) is 47.2 Å². The molecule has 1 aromatic carbocycles. The van der Waals surface area contributed by atoms with Crippen LogP contribution in [0.5, 0.6) is 0 Å². The first-order valence-corrected chi connectivity index (χ1v) is 6.62. The number of aromatic amines is 1. The lowest BCUT2D eigenvalue weighted by atomic mass is 10.2. The van der Waals surface area contributed by atoms with Crippen LogP contribution in [0.2, 0.25) is 0 Å². The number of carbonyl (C=O) groups is 1. The van der Waals surface area contributed by atoms with Gasteiger partial charge in [-0.2, -0.15) is 5.10 Å². The lowest BCUT2D eigenvalue weighted by Gasteiger charge is -2.36. The number of piperazine rings is 1. The van der Waals surface area contributed by atoms with Gasteiger partial charge in [0.1, 0.15) is 0 Å². The summed E-state index contributed by atoms with van der Waals surface area (Å²) < 4.78 is 0. The highest BCUT2D eigenvalue weighted by Crippen LogP contribution is 2.19. The molecule has 3 N–H and O–H groups in total. The summed E-state index contributed by atoms with van der Waals surface area (Å²) >= 11 is 0. The molecule has 0 bridgehead atoms. The van der Waals surface area contributed by atoms with E-state index in [1.807, 2.05) is 29.2 Å². The molecule has 1 aromatic heterocycles. The van der Waals surface area contributed by atoms with Gasteiger partial charge in [-0.05, 0) is 18.2 Å². The maximum Gasteiger partial charge on any atom is 0.257 e. The van der Waals surface area contributed by atoms with Crippen molar-refractivity contribution in [3.05, 3.63) is 42.2 Å². The van der Waals surface area contributed by atoms with Gasteiger partial charge in [-0.3, -0.25) is 9.89 Å². The number of rotatable bonds is 2. The van der Waals surface area contributed by atoms with Crippen LogP contribution < -0.4 is 10.6 Å². The maximum absolute atomic E-state index is 12.2. The lowest BCUT2D eigenvalue weighted by Crippen LogP contribution is -2.48. The number of amides is 1. The predicted molar refractivity (Wildman–Crippen MR) is 77.6 cm³/mol. The minimum Gasteiger partial charge on any atom is -0.399 e. The molecule has 0 atom stereocenters. The molecule has 3 rings (SSSR count). The van der Waals surface area contributed by atoms with E-state index in [1.165, 1.54) is 0 Å². The van der Waals surface area contributed by atoms with E-state index in [4.69, 9.17) is 5.73 Å². The first kappa shape index (κ1) is 12.5. The molecule has 0 saturated carbocycles. The number of aromatic nitrogens is 2. The zero-order valence-electron chi connectivity index (χ0n) is 11.1. The second kappa shape index (κ2) is 5.24. The summed E-state index contributed by atoms with van der Waals surface area (Å²) in [7, 11) is 0. The summed E-state index contributed by atoms with van der Waals surface area (Å²) in [5.41, 5.74) is 8.29. The predicted octanol–water partition coefficient (Wildman–Crippen LogP) is 0.954. The normalized spacial score (nSPS) is 15.4. The molecule has 2 aromatic rings. The third-order valence-corrected chi connectivity index (χ3v) is 3.55. The zero-order valence-corrected chi connectivity index (χ0v) is 11.1. The Bertz CT molecular complexity index is 587. The first-order chi connectivity index (χ1) is 9.74.